The van der Waals surface area contributed by atoms with Gasteiger partial charge < -0.3 is 4.74 Å². The summed E-state index contributed by atoms with van der Waals surface area (Å²) >= 11 is 11.8. The average molecular weight is 338 g/mol. The van der Waals surface area contributed by atoms with Crippen LogP contribution in [0.1, 0.15) is 6.42 Å². The highest BCUT2D eigenvalue weighted by atomic mass is 35.5. The van der Waals surface area contributed by atoms with Crippen LogP contribution in [0.4, 0.5) is 0 Å². The summed E-state index contributed by atoms with van der Waals surface area (Å²) in [5, 5.41) is 1.06. The summed E-state index contributed by atoms with van der Waals surface area (Å²) in [7, 11) is -0.930. The topological polar surface area (TPSA) is 46.6 Å². The zero-order valence-electron chi connectivity index (χ0n) is 11.2. The Bertz CT molecular complexity index is 557. The molecule has 112 valence electrons. The summed E-state index contributed by atoms with van der Waals surface area (Å²) < 4.78 is 28.4. The molecule has 0 N–H and O–H groups in total. The number of benzene rings is 1. The summed E-state index contributed by atoms with van der Waals surface area (Å²) in [6.45, 7) is 1.12. The summed E-state index contributed by atoms with van der Waals surface area (Å²) in [5.74, 6) is 1.15. The van der Waals surface area contributed by atoms with Crippen molar-refractivity contribution in [1.82, 2.24) is 4.90 Å². The largest absolute Gasteiger partial charge is 0.492 e. The van der Waals surface area contributed by atoms with Crippen LogP contribution in [0.2, 0.25) is 10.0 Å². The molecule has 1 atom stereocenters. The van der Waals surface area contributed by atoms with E-state index in [2.05, 4.69) is 0 Å². The number of rotatable bonds is 5. The molecule has 0 aromatic heterocycles. The zero-order valence-corrected chi connectivity index (χ0v) is 13.5. The van der Waals surface area contributed by atoms with Gasteiger partial charge in [-0.15, -0.1) is 0 Å². The first kappa shape index (κ1) is 15.9. The molecule has 0 amide bonds. The van der Waals surface area contributed by atoms with Crippen molar-refractivity contribution >= 4 is 33.0 Å². The van der Waals surface area contributed by atoms with Crippen LogP contribution in [-0.2, 0) is 9.84 Å². The number of likely N-dealkylation sites (N-methyl/N-ethyl adjacent to an activating group) is 1. The number of halogens is 2. The molecular weight excluding hydrogens is 321 g/mol. The van der Waals surface area contributed by atoms with E-state index in [4.69, 9.17) is 27.9 Å². The maximum absolute atomic E-state index is 11.4. The fourth-order valence-electron chi connectivity index (χ4n) is 2.22. The quantitative estimate of drug-likeness (QED) is 0.828. The van der Waals surface area contributed by atoms with Crippen molar-refractivity contribution in [3.8, 4) is 5.75 Å². The van der Waals surface area contributed by atoms with E-state index in [0.717, 1.165) is 0 Å². The van der Waals surface area contributed by atoms with Crippen LogP contribution in [0.5, 0.6) is 5.75 Å². The van der Waals surface area contributed by atoms with E-state index in [1.54, 1.807) is 18.2 Å². The van der Waals surface area contributed by atoms with Crippen LogP contribution in [0.15, 0.2) is 18.2 Å². The monoisotopic (exact) mass is 337 g/mol. The number of hydrogen-bond donors (Lipinski definition) is 0. The highest BCUT2D eigenvalue weighted by molar-refractivity contribution is 7.91. The van der Waals surface area contributed by atoms with Gasteiger partial charge in [-0.3, -0.25) is 4.90 Å². The maximum atomic E-state index is 11.4. The molecule has 1 saturated heterocycles. The molecule has 0 aliphatic carbocycles. The summed E-state index contributed by atoms with van der Waals surface area (Å²) in [4.78, 5) is 2.02. The molecule has 1 fully saturated rings. The minimum atomic E-state index is -2.85. The molecule has 1 aromatic carbocycles. The second kappa shape index (κ2) is 6.52. The minimum absolute atomic E-state index is 0.0894. The van der Waals surface area contributed by atoms with Gasteiger partial charge in [0.2, 0.25) is 0 Å². The van der Waals surface area contributed by atoms with E-state index in [1.165, 1.54) is 0 Å². The van der Waals surface area contributed by atoms with E-state index >= 15 is 0 Å². The Morgan fingerprint density at radius 2 is 1.95 bits per heavy atom. The van der Waals surface area contributed by atoms with Gasteiger partial charge in [-0.25, -0.2) is 8.42 Å². The smallest absolute Gasteiger partial charge is 0.151 e. The predicted octanol–water partition coefficient (Wildman–Crippen LogP) is 2.49. The van der Waals surface area contributed by atoms with Gasteiger partial charge in [-0.05, 0) is 31.7 Å². The van der Waals surface area contributed by atoms with E-state index in [0.29, 0.717) is 35.4 Å². The van der Waals surface area contributed by atoms with Crippen molar-refractivity contribution in [3.05, 3.63) is 28.2 Å². The lowest BCUT2D eigenvalue weighted by molar-refractivity contribution is 0.202. The Kier molecular flexibility index (Phi) is 5.18. The average Bonchev–Trinajstić information content (AvgIpc) is 2.68. The van der Waals surface area contributed by atoms with Crippen LogP contribution in [0.3, 0.4) is 0 Å². The van der Waals surface area contributed by atoms with Gasteiger partial charge in [0.15, 0.2) is 9.84 Å². The molecule has 2 rings (SSSR count). The number of nitrogens with zero attached hydrogens (tertiary/aromatic N) is 1. The highest BCUT2D eigenvalue weighted by Gasteiger charge is 2.30. The summed E-state index contributed by atoms with van der Waals surface area (Å²) in [5.41, 5.74) is 0. The normalized spacial score (nSPS) is 21.3. The molecule has 7 heteroatoms. The van der Waals surface area contributed by atoms with Gasteiger partial charge >= 0.3 is 0 Å². The molecule has 0 spiro atoms. The van der Waals surface area contributed by atoms with Crippen molar-refractivity contribution < 1.29 is 13.2 Å². The molecule has 1 aromatic rings. The van der Waals surface area contributed by atoms with Crippen LogP contribution in [0.25, 0.3) is 0 Å². The van der Waals surface area contributed by atoms with Gasteiger partial charge in [-0.2, -0.15) is 0 Å². The minimum Gasteiger partial charge on any atom is -0.492 e. The van der Waals surface area contributed by atoms with E-state index in [1.807, 2.05) is 11.9 Å². The standard InChI is InChI=1S/C13H17Cl2NO3S/c1-16(12-2-5-20(17,18)9-12)3-4-19-13-7-10(14)6-11(15)8-13/h6-8,12H,2-5,9H2,1H3/t12-/m1/s1. The molecule has 0 radical (unpaired) electrons. The Hall–Kier alpha value is -0.490. The fourth-order valence-corrected chi connectivity index (χ4v) is 4.54. The third-order valence-electron chi connectivity index (χ3n) is 3.38. The van der Waals surface area contributed by atoms with Gasteiger partial charge in [0, 0.05) is 22.6 Å². The van der Waals surface area contributed by atoms with Crippen LogP contribution >= 0.6 is 23.2 Å². The fraction of sp³-hybridized carbons (Fsp3) is 0.538. The van der Waals surface area contributed by atoms with Gasteiger partial charge in [0.05, 0.1) is 11.5 Å². The second-order valence-corrected chi connectivity index (χ2v) is 8.09. The molecule has 0 saturated carbocycles. The first-order valence-electron chi connectivity index (χ1n) is 6.35. The van der Waals surface area contributed by atoms with Crippen molar-refractivity contribution in [2.75, 3.05) is 31.7 Å². The highest BCUT2D eigenvalue weighted by Crippen LogP contribution is 2.24. The number of sulfone groups is 1. The van der Waals surface area contributed by atoms with Crippen molar-refractivity contribution in [3.63, 3.8) is 0 Å². The Balaban J connectivity index is 1.81. The van der Waals surface area contributed by atoms with Crippen LogP contribution < -0.4 is 4.74 Å². The first-order chi connectivity index (χ1) is 9.35. The van der Waals surface area contributed by atoms with Crippen molar-refractivity contribution in [2.45, 2.75) is 12.5 Å². The Morgan fingerprint density at radius 3 is 2.50 bits per heavy atom. The van der Waals surface area contributed by atoms with Crippen LogP contribution in [-0.4, -0.2) is 51.1 Å². The van der Waals surface area contributed by atoms with E-state index in [-0.39, 0.29) is 17.5 Å². The molecule has 4 nitrogen and oxygen atoms in total. The zero-order chi connectivity index (χ0) is 14.8. The van der Waals surface area contributed by atoms with E-state index in [9.17, 15) is 8.42 Å². The lowest BCUT2D eigenvalue weighted by atomic mass is 10.2. The first-order valence-corrected chi connectivity index (χ1v) is 8.93. The Morgan fingerprint density at radius 1 is 1.30 bits per heavy atom. The SMILES string of the molecule is CN(CCOc1cc(Cl)cc(Cl)c1)[C@@H]1CCS(=O)(=O)C1. The maximum Gasteiger partial charge on any atom is 0.151 e. The third kappa shape index (κ3) is 4.52. The molecule has 0 bridgehead atoms. The Labute approximate surface area is 129 Å². The number of hydrogen-bond acceptors (Lipinski definition) is 4. The van der Waals surface area contributed by atoms with Gasteiger partial charge in [0.1, 0.15) is 12.4 Å². The van der Waals surface area contributed by atoms with Crippen molar-refractivity contribution in [2.24, 2.45) is 0 Å². The summed E-state index contributed by atoms with van der Waals surface area (Å²) in [6, 6.07) is 5.14. The van der Waals surface area contributed by atoms with Gasteiger partial charge in [0.25, 0.3) is 0 Å². The summed E-state index contributed by atoms with van der Waals surface area (Å²) in [6.07, 6.45) is 0.696. The molecule has 1 heterocycles. The van der Waals surface area contributed by atoms with E-state index < -0.39 is 9.84 Å². The third-order valence-corrected chi connectivity index (χ3v) is 5.57. The predicted molar refractivity (Wildman–Crippen MR) is 81.6 cm³/mol. The number of ether oxygens (including phenoxy) is 1. The molecule has 20 heavy (non-hydrogen) atoms. The molecule has 1 aliphatic heterocycles. The molecular formula is C13H17Cl2NO3S. The van der Waals surface area contributed by atoms with Crippen molar-refractivity contribution in [1.29, 1.82) is 0 Å². The second-order valence-electron chi connectivity index (χ2n) is 4.99. The van der Waals surface area contributed by atoms with Gasteiger partial charge in [-0.1, -0.05) is 23.2 Å². The molecule has 1 aliphatic rings. The lowest BCUT2D eigenvalue weighted by Gasteiger charge is -2.22. The lowest BCUT2D eigenvalue weighted by Crippen LogP contribution is -2.35. The molecule has 0 unspecified atom stereocenters. The van der Waals surface area contributed by atoms with Crippen LogP contribution in [0, 0.1) is 0 Å².